The van der Waals surface area contributed by atoms with Crippen molar-refractivity contribution in [2.45, 2.75) is 31.6 Å². The highest BCUT2D eigenvalue weighted by Crippen LogP contribution is 2.33. The first-order chi connectivity index (χ1) is 12.2. The van der Waals surface area contributed by atoms with Crippen LogP contribution in [0, 0.1) is 0 Å². The van der Waals surface area contributed by atoms with E-state index in [2.05, 4.69) is 0 Å². The summed E-state index contributed by atoms with van der Waals surface area (Å²) in [6.45, 7) is 3.36. The highest BCUT2D eigenvalue weighted by Gasteiger charge is 2.30. The van der Waals surface area contributed by atoms with Crippen molar-refractivity contribution in [1.82, 2.24) is 0 Å². The van der Waals surface area contributed by atoms with Gasteiger partial charge in [0.2, 0.25) is 5.24 Å². The van der Waals surface area contributed by atoms with Gasteiger partial charge >= 0.3 is 0 Å². The lowest BCUT2D eigenvalue weighted by molar-refractivity contribution is -0.110. The van der Waals surface area contributed by atoms with Gasteiger partial charge in [-0.1, -0.05) is 55.2 Å². The van der Waals surface area contributed by atoms with Crippen LogP contribution < -0.4 is 4.31 Å². The van der Waals surface area contributed by atoms with Gasteiger partial charge in [0.05, 0.1) is 20.6 Å². The second-order valence-corrected chi connectivity index (χ2v) is 8.67. The molecule has 0 saturated carbocycles. The topological polar surface area (TPSA) is 54.5 Å². The molecule has 0 heterocycles. The van der Waals surface area contributed by atoms with Gasteiger partial charge in [-0.3, -0.25) is 9.10 Å². The first kappa shape index (κ1) is 21.0. The van der Waals surface area contributed by atoms with Crippen LogP contribution in [0.15, 0.2) is 41.3 Å². The Morgan fingerprint density at radius 2 is 1.58 bits per heavy atom. The fourth-order valence-electron chi connectivity index (χ4n) is 2.70. The maximum absolute atomic E-state index is 13.3. The van der Waals surface area contributed by atoms with Gasteiger partial charge in [0.25, 0.3) is 10.0 Å². The molecule has 0 saturated heterocycles. The van der Waals surface area contributed by atoms with Crippen molar-refractivity contribution < 1.29 is 13.2 Å². The van der Waals surface area contributed by atoms with E-state index in [4.69, 9.17) is 34.8 Å². The molecule has 0 aliphatic rings. The Hall–Kier alpha value is -1.27. The van der Waals surface area contributed by atoms with Gasteiger partial charge in [0.15, 0.2) is 0 Å². The molecule has 8 heteroatoms. The van der Waals surface area contributed by atoms with Crippen molar-refractivity contribution in [2.75, 3.05) is 10.8 Å². The van der Waals surface area contributed by atoms with Crippen molar-refractivity contribution in [1.29, 1.82) is 0 Å². The molecular formula is C18H18Cl3NO3S. The molecule has 0 radical (unpaired) electrons. The SMILES string of the molecule is CCc1cccc(CC)c1N(CC(=O)Cl)S(=O)(=O)c1ccc(Cl)c(Cl)c1. The second-order valence-electron chi connectivity index (χ2n) is 5.57. The van der Waals surface area contributed by atoms with E-state index in [9.17, 15) is 13.2 Å². The van der Waals surface area contributed by atoms with Crippen LogP contribution in [0.3, 0.4) is 0 Å². The number of hydrogen-bond donors (Lipinski definition) is 0. The molecular weight excluding hydrogens is 417 g/mol. The van der Waals surface area contributed by atoms with Crippen LogP contribution >= 0.6 is 34.8 Å². The van der Waals surface area contributed by atoms with Crippen molar-refractivity contribution in [3.63, 3.8) is 0 Å². The quantitative estimate of drug-likeness (QED) is 0.571. The minimum absolute atomic E-state index is 0.0576. The van der Waals surface area contributed by atoms with E-state index >= 15 is 0 Å². The lowest BCUT2D eigenvalue weighted by atomic mass is 10.0. The van der Waals surface area contributed by atoms with E-state index < -0.39 is 21.8 Å². The fourth-order valence-corrected chi connectivity index (χ4v) is 4.77. The molecule has 0 aromatic heterocycles. The molecule has 2 aromatic carbocycles. The zero-order chi connectivity index (χ0) is 19.5. The Bertz CT molecular complexity index is 907. The maximum atomic E-state index is 13.3. The molecule has 0 spiro atoms. The highest BCUT2D eigenvalue weighted by molar-refractivity contribution is 7.92. The summed E-state index contributed by atoms with van der Waals surface area (Å²) < 4.78 is 27.6. The summed E-state index contributed by atoms with van der Waals surface area (Å²) in [6.07, 6.45) is 1.21. The lowest BCUT2D eigenvalue weighted by Gasteiger charge is -2.27. The van der Waals surface area contributed by atoms with Crippen molar-refractivity contribution in [3.05, 3.63) is 57.6 Å². The number of anilines is 1. The van der Waals surface area contributed by atoms with Crippen LogP contribution in [-0.4, -0.2) is 20.2 Å². The molecule has 0 N–H and O–H groups in total. The predicted octanol–water partition coefficient (Wildman–Crippen LogP) is 5.08. The molecule has 0 unspecified atom stereocenters. The average molecular weight is 435 g/mol. The van der Waals surface area contributed by atoms with E-state index in [-0.39, 0.29) is 14.9 Å². The number of carbonyl (C=O) groups is 1. The van der Waals surface area contributed by atoms with Crippen molar-refractivity contribution >= 4 is 55.8 Å². The molecule has 0 aliphatic heterocycles. The summed E-state index contributed by atoms with van der Waals surface area (Å²) in [5.74, 6) is 0. The van der Waals surface area contributed by atoms with Crippen LogP contribution in [0.25, 0.3) is 0 Å². The summed E-state index contributed by atoms with van der Waals surface area (Å²) in [5, 5.41) is -0.417. The Morgan fingerprint density at radius 3 is 2.04 bits per heavy atom. The van der Waals surface area contributed by atoms with Gasteiger partial charge in [-0.15, -0.1) is 0 Å². The number of para-hydroxylation sites is 1. The Balaban J connectivity index is 2.72. The van der Waals surface area contributed by atoms with Gasteiger partial charge in [0.1, 0.15) is 6.54 Å². The van der Waals surface area contributed by atoms with Gasteiger partial charge in [-0.25, -0.2) is 8.42 Å². The Labute approximate surface area is 168 Å². The summed E-state index contributed by atoms with van der Waals surface area (Å²) in [4.78, 5) is 11.6. The zero-order valence-corrected chi connectivity index (χ0v) is 17.4. The molecule has 140 valence electrons. The molecule has 0 fully saturated rings. The monoisotopic (exact) mass is 433 g/mol. The van der Waals surface area contributed by atoms with Crippen LogP contribution in [0.2, 0.25) is 10.0 Å². The standard InChI is InChI=1S/C18H18Cl3NO3S/c1-3-12-6-5-7-13(4-2)18(12)22(11-17(21)23)26(24,25)14-8-9-15(19)16(20)10-14/h5-10H,3-4,11H2,1-2H3. The van der Waals surface area contributed by atoms with Crippen molar-refractivity contribution in [3.8, 4) is 0 Å². The third-order valence-electron chi connectivity index (χ3n) is 3.96. The van der Waals surface area contributed by atoms with Crippen LogP contribution in [0.1, 0.15) is 25.0 Å². The number of halogens is 3. The minimum Gasteiger partial charge on any atom is -0.279 e. The highest BCUT2D eigenvalue weighted by atomic mass is 35.5. The fraction of sp³-hybridized carbons (Fsp3) is 0.278. The summed E-state index contributed by atoms with van der Waals surface area (Å²) in [5.41, 5.74) is 2.11. The summed E-state index contributed by atoms with van der Waals surface area (Å²) in [7, 11) is -4.07. The van der Waals surface area contributed by atoms with Crippen molar-refractivity contribution in [2.24, 2.45) is 0 Å². The van der Waals surface area contributed by atoms with E-state index in [0.717, 1.165) is 15.4 Å². The first-order valence-electron chi connectivity index (χ1n) is 7.99. The van der Waals surface area contributed by atoms with Crippen LogP contribution in [-0.2, 0) is 27.7 Å². The summed E-state index contributed by atoms with van der Waals surface area (Å²) in [6, 6.07) is 9.58. The Kier molecular flexibility index (Phi) is 6.97. The third-order valence-corrected chi connectivity index (χ3v) is 6.56. The van der Waals surface area contributed by atoms with Gasteiger partial charge < -0.3 is 0 Å². The van der Waals surface area contributed by atoms with Crippen LogP contribution in [0.5, 0.6) is 0 Å². The third kappa shape index (κ3) is 4.34. The smallest absolute Gasteiger partial charge is 0.264 e. The number of aryl methyl sites for hydroxylation is 2. The van der Waals surface area contributed by atoms with Gasteiger partial charge in [0, 0.05) is 0 Å². The number of nitrogens with zero attached hydrogens (tertiary/aromatic N) is 1. The number of sulfonamides is 1. The molecule has 2 aromatic rings. The zero-order valence-electron chi connectivity index (χ0n) is 14.3. The number of carbonyl (C=O) groups excluding carboxylic acids is 1. The molecule has 0 aliphatic carbocycles. The first-order valence-corrected chi connectivity index (χ1v) is 10.6. The van der Waals surface area contributed by atoms with Crippen LogP contribution in [0.4, 0.5) is 5.69 Å². The lowest BCUT2D eigenvalue weighted by Crippen LogP contribution is -2.36. The van der Waals surface area contributed by atoms with E-state index in [1.807, 2.05) is 32.0 Å². The molecule has 0 bridgehead atoms. The number of rotatable bonds is 7. The number of hydrogen-bond acceptors (Lipinski definition) is 3. The maximum Gasteiger partial charge on any atom is 0.264 e. The average Bonchev–Trinajstić information content (AvgIpc) is 2.60. The van der Waals surface area contributed by atoms with E-state index in [0.29, 0.717) is 18.5 Å². The second kappa shape index (κ2) is 8.61. The minimum atomic E-state index is -4.07. The molecule has 4 nitrogen and oxygen atoms in total. The van der Waals surface area contributed by atoms with Gasteiger partial charge in [-0.2, -0.15) is 0 Å². The molecule has 26 heavy (non-hydrogen) atoms. The molecule has 0 amide bonds. The largest absolute Gasteiger partial charge is 0.279 e. The Morgan fingerprint density at radius 1 is 1.00 bits per heavy atom. The normalized spacial score (nSPS) is 11.4. The van der Waals surface area contributed by atoms with Gasteiger partial charge in [-0.05, 0) is 53.8 Å². The molecule has 0 atom stereocenters. The van der Waals surface area contributed by atoms with E-state index in [1.54, 1.807) is 0 Å². The summed E-state index contributed by atoms with van der Waals surface area (Å²) >= 11 is 17.4. The predicted molar refractivity (Wildman–Crippen MR) is 107 cm³/mol. The van der Waals surface area contributed by atoms with E-state index in [1.165, 1.54) is 18.2 Å². The number of benzene rings is 2. The molecule has 2 rings (SSSR count).